The molecule has 2 aliphatic rings. The lowest BCUT2D eigenvalue weighted by Gasteiger charge is -2.25. The maximum atomic E-state index is 12.8. The number of nitrogens with zero attached hydrogens (tertiary/aromatic N) is 1. The third kappa shape index (κ3) is 3.00. The van der Waals surface area contributed by atoms with E-state index in [0.717, 1.165) is 11.3 Å². The van der Waals surface area contributed by atoms with Crippen LogP contribution in [0.3, 0.4) is 0 Å². The first-order chi connectivity index (χ1) is 10.3. The van der Waals surface area contributed by atoms with Gasteiger partial charge in [-0.3, -0.25) is 14.9 Å². The maximum Gasteiger partial charge on any atom is 0.244 e. The van der Waals surface area contributed by atoms with E-state index in [2.05, 4.69) is 10.6 Å². The Labute approximate surface area is 123 Å². The molecule has 21 heavy (non-hydrogen) atoms. The van der Waals surface area contributed by atoms with E-state index >= 15 is 0 Å². The lowest BCUT2D eigenvalue weighted by molar-refractivity contribution is -0.133. The van der Waals surface area contributed by atoms with Gasteiger partial charge in [-0.2, -0.15) is 0 Å². The second-order valence-corrected chi connectivity index (χ2v) is 5.20. The Morgan fingerprint density at radius 1 is 1.24 bits per heavy atom. The van der Waals surface area contributed by atoms with Gasteiger partial charge in [-0.25, -0.2) is 0 Å². The second kappa shape index (κ2) is 6.13. The summed E-state index contributed by atoms with van der Waals surface area (Å²) >= 11 is 0. The number of para-hydroxylation sites is 1. The summed E-state index contributed by atoms with van der Waals surface area (Å²) in [7, 11) is 0. The Balaban J connectivity index is 1.82. The van der Waals surface area contributed by atoms with Crippen LogP contribution in [-0.4, -0.2) is 49.5 Å². The molecule has 0 aromatic heterocycles. The van der Waals surface area contributed by atoms with E-state index in [-0.39, 0.29) is 11.8 Å². The molecule has 1 fully saturated rings. The number of carbonyl (C=O) groups excluding carboxylic acids is 2. The van der Waals surface area contributed by atoms with Gasteiger partial charge in [0, 0.05) is 38.2 Å². The molecule has 3 rings (SSSR count). The van der Waals surface area contributed by atoms with Crippen molar-refractivity contribution in [3.63, 3.8) is 0 Å². The number of hydrogen-bond acceptors (Lipinski definition) is 4. The summed E-state index contributed by atoms with van der Waals surface area (Å²) in [5.41, 5.74) is 0.864. The smallest absolute Gasteiger partial charge is 0.244 e. The van der Waals surface area contributed by atoms with Gasteiger partial charge in [0.2, 0.25) is 11.8 Å². The van der Waals surface area contributed by atoms with E-state index in [1.54, 1.807) is 4.90 Å². The maximum absolute atomic E-state index is 12.8. The zero-order valence-corrected chi connectivity index (χ0v) is 11.8. The lowest BCUT2D eigenvalue weighted by atomic mass is 10.0. The zero-order chi connectivity index (χ0) is 14.7. The first kappa shape index (κ1) is 13.9. The first-order valence-electron chi connectivity index (χ1n) is 7.26. The molecule has 0 saturated carbocycles. The molecular formula is C15H19N3O3. The van der Waals surface area contributed by atoms with Crippen LogP contribution in [0.1, 0.15) is 18.0 Å². The Hall–Kier alpha value is -2.08. The monoisotopic (exact) mass is 289 g/mol. The molecule has 6 nitrogen and oxygen atoms in total. The van der Waals surface area contributed by atoms with Gasteiger partial charge in [0.15, 0.2) is 0 Å². The summed E-state index contributed by atoms with van der Waals surface area (Å²) in [6.45, 7) is 2.68. The molecule has 1 aromatic carbocycles. The minimum atomic E-state index is -0.406. The highest BCUT2D eigenvalue weighted by atomic mass is 16.5. The van der Waals surface area contributed by atoms with E-state index in [4.69, 9.17) is 4.74 Å². The van der Waals surface area contributed by atoms with Crippen LogP contribution in [0.5, 0.6) is 5.75 Å². The Bertz CT molecular complexity index is 547. The Morgan fingerprint density at radius 3 is 3.00 bits per heavy atom. The number of carbonyl (C=O) groups is 2. The van der Waals surface area contributed by atoms with Crippen molar-refractivity contribution in [2.45, 2.75) is 12.5 Å². The molecular weight excluding hydrogens is 270 g/mol. The Morgan fingerprint density at radius 2 is 2.10 bits per heavy atom. The second-order valence-electron chi connectivity index (χ2n) is 5.20. The summed E-state index contributed by atoms with van der Waals surface area (Å²) in [4.78, 5) is 25.9. The van der Waals surface area contributed by atoms with Crippen LogP contribution in [0.15, 0.2) is 24.3 Å². The van der Waals surface area contributed by atoms with Crippen molar-refractivity contribution in [2.24, 2.45) is 0 Å². The predicted molar refractivity (Wildman–Crippen MR) is 76.9 cm³/mol. The number of rotatable bonds is 1. The predicted octanol–water partition coefficient (Wildman–Crippen LogP) is 0.0582. The summed E-state index contributed by atoms with van der Waals surface area (Å²) in [5, 5.41) is 6.03. The van der Waals surface area contributed by atoms with Gasteiger partial charge in [-0.1, -0.05) is 18.2 Å². The van der Waals surface area contributed by atoms with E-state index in [1.807, 2.05) is 24.3 Å². The van der Waals surface area contributed by atoms with E-state index in [9.17, 15) is 9.59 Å². The summed E-state index contributed by atoms with van der Waals surface area (Å²) in [6, 6.07) is 7.20. The van der Waals surface area contributed by atoms with Crippen molar-refractivity contribution >= 4 is 11.8 Å². The van der Waals surface area contributed by atoms with Crippen LogP contribution in [0.4, 0.5) is 0 Å². The van der Waals surface area contributed by atoms with E-state index < -0.39 is 6.04 Å². The van der Waals surface area contributed by atoms with Crippen LogP contribution in [0.25, 0.3) is 0 Å². The van der Waals surface area contributed by atoms with Crippen LogP contribution in [0, 0.1) is 0 Å². The highest BCUT2D eigenvalue weighted by Crippen LogP contribution is 2.28. The highest BCUT2D eigenvalue weighted by molar-refractivity contribution is 5.85. The largest absolute Gasteiger partial charge is 0.492 e. The van der Waals surface area contributed by atoms with Gasteiger partial charge in [0.05, 0.1) is 0 Å². The average molecular weight is 289 g/mol. The summed E-state index contributed by atoms with van der Waals surface area (Å²) in [5.74, 6) is 0.761. The fourth-order valence-corrected chi connectivity index (χ4v) is 2.71. The fourth-order valence-electron chi connectivity index (χ4n) is 2.71. The number of amides is 2. The number of ether oxygens (including phenoxy) is 1. The fraction of sp³-hybridized carbons (Fsp3) is 0.467. The third-order valence-electron chi connectivity index (χ3n) is 3.81. The topological polar surface area (TPSA) is 70.7 Å². The molecule has 1 saturated heterocycles. The number of benzene rings is 1. The summed E-state index contributed by atoms with van der Waals surface area (Å²) < 4.78 is 5.66. The normalized spacial score (nSPS) is 22.4. The van der Waals surface area contributed by atoms with Crippen LogP contribution < -0.4 is 15.4 Å². The van der Waals surface area contributed by atoms with Gasteiger partial charge in [-0.05, 0) is 6.07 Å². The Kier molecular flexibility index (Phi) is 4.06. The van der Waals surface area contributed by atoms with Crippen LogP contribution in [-0.2, 0) is 9.59 Å². The van der Waals surface area contributed by atoms with Gasteiger partial charge < -0.3 is 15.0 Å². The molecule has 0 bridgehead atoms. The SMILES string of the molecule is O=C1CCN(C(=O)C2NCCOc3ccccc32)CCN1. The molecule has 1 unspecified atom stereocenters. The van der Waals surface area contributed by atoms with Crippen molar-refractivity contribution in [1.29, 1.82) is 0 Å². The molecule has 2 amide bonds. The molecule has 2 N–H and O–H groups in total. The number of hydrogen-bond donors (Lipinski definition) is 2. The van der Waals surface area contributed by atoms with Crippen LogP contribution >= 0.6 is 0 Å². The number of nitrogens with one attached hydrogen (secondary N) is 2. The lowest BCUT2D eigenvalue weighted by Crippen LogP contribution is -2.42. The zero-order valence-electron chi connectivity index (χ0n) is 11.8. The minimum absolute atomic E-state index is 0.00265. The molecule has 2 aliphatic heterocycles. The van der Waals surface area contributed by atoms with Gasteiger partial charge in [0.1, 0.15) is 18.4 Å². The molecule has 1 atom stereocenters. The summed E-state index contributed by atoms with van der Waals surface area (Å²) in [6.07, 6.45) is 0.358. The number of fused-ring (bicyclic) bond motifs is 1. The van der Waals surface area contributed by atoms with Crippen LogP contribution in [0.2, 0.25) is 0 Å². The van der Waals surface area contributed by atoms with Gasteiger partial charge in [0.25, 0.3) is 0 Å². The van der Waals surface area contributed by atoms with Crippen molar-refractivity contribution in [3.05, 3.63) is 29.8 Å². The molecule has 6 heteroatoms. The molecule has 0 radical (unpaired) electrons. The third-order valence-corrected chi connectivity index (χ3v) is 3.81. The molecule has 1 aromatic rings. The molecule has 0 aliphatic carbocycles. The molecule has 112 valence electrons. The van der Waals surface area contributed by atoms with Crippen molar-refractivity contribution < 1.29 is 14.3 Å². The first-order valence-corrected chi connectivity index (χ1v) is 7.26. The quantitative estimate of drug-likeness (QED) is 0.767. The van der Waals surface area contributed by atoms with Gasteiger partial charge in [-0.15, -0.1) is 0 Å². The average Bonchev–Trinajstić information content (AvgIpc) is 2.84. The van der Waals surface area contributed by atoms with Crippen molar-refractivity contribution in [3.8, 4) is 5.75 Å². The van der Waals surface area contributed by atoms with Crippen molar-refractivity contribution in [2.75, 3.05) is 32.8 Å². The molecule has 2 heterocycles. The standard InChI is InChI=1S/C15H19N3O3/c19-13-5-8-18(9-6-16-13)15(20)14-11-3-1-2-4-12(11)21-10-7-17-14/h1-4,14,17H,5-10H2,(H,16,19). The van der Waals surface area contributed by atoms with E-state index in [0.29, 0.717) is 39.2 Å². The molecule has 0 spiro atoms. The highest BCUT2D eigenvalue weighted by Gasteiger charge is 2.30. The minimum Gasteiger partial charge on any atom is -0.492 e. The van der Waals surface area contributed by atoms with E-state index in [1.165, 1.54) is 0 Å². The van der Waals surface area contributed by atoms with Crippen molar-refractivity contribution in [1.82, 2.24) is 15.5 Å². The van der Waals surface area contributed by atoms with Gasteiger partial charge >= 0.3 is 0 Å².